The van der Waals surface area contributed by atoms with Crippen LogP contribution in [0.25, 0.3) is 0 Å². The second-order valence-electron chi connectivity index (χ2n) is 4.35. The molecule has 0 aliphatic carbocycles. The average Bonchev–Trinajstić information content (AvgIpc) is 2.49. The summed E-state index contributed by atoms with van der Waals surface area (Å²) in [5, 5.41) is 0.603. The SMILES string of the molecule is COc1cc(Br)c(C(N)c2cccc(Br)c2Cl)cc1OC. The molecule has 2 aromatic carbocycles. The molecule has 2 aromatic rings. The van der Waals surface area contributed by atoms with Crippen LogP contribution in [0.1, 0.15) is 17.2 Å². The topological polar surface area (TPSA) is 44.5 Å². The number of hydrogen-bond acceptors (Lipinski definition) is 3. The lowest BCUT2D eigenvalue weighted by atomic mass is 9.99. The summed E-state index contributed by atoms with van der Waals surface area (Å²) in [6.45, 7) is 0. The Kier molecular flexibility index (Phi) is 5.54. The molecule has 0 saturated heterocycles. The minimum Gasteiger partial charge on any atom is -0.493 e. The Morgan fingerprint density at radius 1 is 1.00 bits per heavy atom. The van der Waals surface area contributed by atoms with Gasteiger partial charge in [0.15, 0.2) is 11.5 Å². The quantitative estimate of drug-likeness (QED) is 0.741. The molecule has 2 rings (SSSR count). The zero-order valence-corrected chi connectivity index (χ0v) is 15.4. The molecule has 0 saturated carbocycles. The molecule has 0 aromatic heterocycles. The summed E-state index contributed by atoms with van der Waals surface area (Å²) in [7, 11) is 3.18. The van der Waals surface area contributed by atoms with Crippen molar-refractivity contribution in [3.05, 3.63) is 55.4 Å². The van der Waals surface area contributed by atoms with Gasteiger partial charge in [-0.1, -0.05) is 39.7 Å². The lowest BCUT2D eigenvalue weighted by Crippen LogP contribution is -2.13. The lowest BCUT2D eigenvalue weighted by Gasteiger charge is -2.19. The van der Waals surface area contributed by atoms with Crippen molar-refractivity contribution in [3.8, 4) is 11.5 Å². The van der Waals surface area contributed by atoms with Crippen LogP contribution in [0.5, 0.6) is 11.5 Å². The van der Waals surface area contributed by atoms with Crippen LogP contribution in [0.4, 0.5) is 0 Å². The third-order valence-electron chi connectivity index (χ3n) is 3.15. The van der Waals surface area contributed by atoms with Crippen molar-refractivity contribution in [2.45, 2.75) is 6.04 Å². The Hall–Kier alpha value is -0.750. The highest BCUT2D eigenvalue weighted by Crippen LogP contribution is 2.39. The Morgan fingerprint density at radius 2 is 1.62 bits per heavy atom. The Bertz CT molecular complexity index is 664. The third-order valence-corrected chi connectivity index (χ3v) is 5.15. The number of rotatable bonds is 4. The van der Waals surface area contributed by atoms with Gasteiger partial charge in [-0.3, -0.25) is 0 Å². The van der Waals surface area contributed by atoms with E-state index in [0.29, 0.717) is 16.5 Å². The van der Waals surface area contributed by atoms with E-state index in [9.17, 15) is 0 Å². The zero-order chi connectivity index (χ0) is 15.6. The fourth-order valence-corrected chi connectivity index (χ4v) is 3.23. The summed E-state index contributed by atoms with van der Waals surface area (Å²) in [5.41, 5.74) is 8.07. The van der Waals surface area contributed by atoms with Crippen LogP contribution in [0.15, 0.2) is 39.3 Å². The molecular weight excluding hydrogens is 421 g/mol. The highest BCUT2D eigenvalue weighted by atomic mass is 79.9. The summed E-state index contributed by atoms with van der Waals surface area (Å²) in [5.74, 6) is 1.26. The monoisotopic (exact) mass is 433 g/mol. The van der Waals surface area contributed by atoms with Crippen LogP contribution >= 0.6 is 43.5 Å². The molecule has 0 aliphatic rings. The minimum atomic E-state index is -0.385. The van der Waals surface area contributed by atoms with Crippen molar-refractivity contribution in [2.75, 3.05) is 14.2 Å². The Morgan fingerprint density at radius 3 is 2.24 bits per heavy atom. The van der Waals surface area contributed by atoms with Gasteiger partial charge in [0.25, 0.3) is 0 Å². The summed E-state index contributed by atoms with van der Waals surface area (Å²) < 4.78 is 12.2. The van der Waals surface area contributed by atoms with E-state index in [0.717, 1.165) is 20.1 Å². The molecule has 6 heteroatoms. The standard InChI is InChI=1S/C15H14Br2ClNO2/c1-20-12-6-9(11(17)7-13(12)21-2)15(19)8-4-3-5-10(16)14(8)18/h3-7,15H,19H2,1-2H3. The third kappa shape index (κ3) is 3.37. The molecule has 0 spiro atoms. The van der Waals surface area contributed by atoms with E-state index in [2.05, 4.69) is 31.9 Å². The first-order chi connectivity index (χ1) is 9.99. The predicted octanol–water partition coefficient (Wildman–Crippen LogP) is 4.93. The number of hydrogen-bond donors (Lipinski definition) is 1. The van der Waals surface area contributed by atoms with Gasteiger partial charge in [-0.2, -0.15) is 0 Å². The molecule has 0 heterocycles. The molecule has 0 aliphatic heterocycles. The van der Waals surface area contributed by atoms with Crippen LogP contribution in [0.2, 0.25) is 5.02 Å². The van der Waals surface area contributed by atoms with Crippen LogP contribution < -0.4 is 15.2 Å². The maximum Gasteiger partial charge on any atom is 0.161 e. The molecule has 3 nitrogen and oxygen atoms in total. The molecule has 1 atom stereocenters. The molecule has 0 amide bonds. The van der Waals surface area contributed by atoms with E-state index in [1.54, 1.807) is 14.2 Å². The van der Waals surface area contributed by atoms with Gasteiger partial charge in [0, 0.05) is 8.95 Å². The predicted molar refractivity (Wildman–Crippen MR) is 92.4 cm³/mol. The first-order valence-electron chi connectivity index (χ1n) is 6.10. The summed E-state index contributed by atoms with van der Waals surface area (Å²) in [6.07, 6.45) is 0. The number of benzene rings is 2. The maximum atomic E-state index is 6.37. The second-order valence-corrected chi connectivity index (χ2v) is 6.44. The molecule has 112 valence electrons. The van der Waals surface area contributed by atoms with E-state index in [1.807, 2.05) is 30.3 Å². The van der Waals surface area contributed by atoms with Crippen LogP contribution in [0, 0.1) is 0 Å². The van der Waals surface area contributed by atoms with Crippen molar-refractivity contribution >= 4 is 43.5 Å². The van der Waals surface area contributed by atoms with Crippen molar-refractivity contribution < 1.29 is 9.47 Å². The first-order valence-corrected chi connectivity index (χ1v) is 8.07. The summed E-state index contributed by atoms with van der Waals surface area (Å²) in [6, 6.07) is 8.98. The largest absolute Gasteiger partial charge is 0.493 e. The minimum absolute atomic E-state index is 0.385. The van der Waals surface area contributed by atoms with Gasteiger partial charge >= 0.3 is 0 Å². The van der Waals surface area contributed by atoms with Gasteiger partial charge < -0.3 is 15.2 Å². The van der Waals surface area contributed by atoms with Crippen LogP contribution in [-0.4, -0.2) is 14.2 Å². The van der Waals surface area contributed by atoms with E-state index in [4.69, 9.17) is 26.8 Å². The summed E-state index contributed by atoms with van der Waals surface area (Å²) >= 11 is 13.3. The van der Waals surface area contributed by atoms with Gasteiger partial charge in [-0.15, -0.1) is 0 Å². The van der Waals surface area contributed by atoms with Crippen LogP contribution in [-0.2, 0) is 0 Å². The van der Waals surface area contributed by atoms with Gasteiger partial charge in [-0.05, 0) is 45.3 Å². The fourth-order valence-electron chi connectivity index (χ4n) is 2.04. The number of methoxy groups -OCH3 is 2. The highest BCUT2D eigenvalue weighted by Gasteiger charge is 2.19. The van der Waals surface area contributed by atoms with Gasteiger partial charge in [-0.25, -0.2) is 0 Å². The van der Waals surface area contributed by atoms with Crippen molar-refractivity contribution in [3.63, 3.8) is 0 Å². The number of halogens is 3. The maximum absolute atomic E-state index is 6.37. The smallest absolute Gasteiger partial charge is 0.161 e. The molecule has 21 heavy (non-hydrogen) atoms. The number of ether oxygens (including phenoxy) is 2. The Labute approximate surface area is 145 Å². The average molecular weight is 436 g/mol. The van der Waals surface area contributed by atoms with E-state index >= 15 is 0 Å². The molecule has 1 unspecified atom stereocenters. The normalized spacial score (nSPS) is 12.1. The molecular formula is C15H14Br2ClNO2. The van der Waals surface area contributed by atoms with E-state index < -0.39 is 0 Å². The Balaban J connectivity index is 2.53. The van der Waals surface area contributed by atoms with Gasteiger partial charge in [0.05, 0.1) is 25.3 Å². The molecule has 2 N–H and O–H groups in total. The van der Waals surface area contributed by atoms with Gasteiger partial charge in [0.1, 0.15) is 0 Å². The van der Waals surface area contributed by atoms with E-state index in [-0.39, 0.29) is 6.04 Å². The second kappa shape index (κ2) is 7.01. The van der Waals surface area contributed by atoms with Crippen molar-refractivity contribution in [2.24, 2.45) is 5.73 Å². The van der Waals surface area contributed by atoms with Crippen molar-refractivity contribution in [1.82, 2.24) is 0 Å². The molecule has 0 fully saturated rings. The van der Waals surface area contributed by atoms with Crippen LogP contribution in [0.3, 0.4) is 0 Å². The first kappa shape index (κ1) is 16.6. The van der Waals surface area contributed by atoms with Gasteiger partial charge in [0.2, 0.25) is 0 Å². The number of nitrogens with two attached hydrogens (primary N) is 1. The highest BCUT2D eigenvalue weighted by molar-refractivity contribution is 9.10. The zero-order valence-electron chi connectivity index (χ0n) is 11.5. The lowest BCUT2D eigenvalue weighted by molar-refractivity contribution is 0.354. The molecule has 0 bridgehead atoms. The molecule has 0 radical (unpaired) electrons. The van der Waals surface area contributed by atoms with Crippen molar-refractivity contribution in [1.29, 1.82) is 0 Å². The fraction of sp³-hybridized carbons (Fsp3) is 0.200. The summed E-state index contributed by atoms with van der Waals surface area (Å²) in [4.78, 5) is 0. The van der Waals surface area contributed by atoms with E-state index in [1.165, 1.54) is 0 Å².